The number of aromatic amines is 2. The van der Waals surface area contributed by atoms with E-state index in [1.54, 1.807) is 28.4 Å². The lowest BCUT2D eigenvalue weighted by atomic mass is 10.0. The van der Waals surface area contributed by atoms with Gasteiger partial charge < -0.3 is 39.9 Å². The van der Waals surface area contributed by atoms with E-state index in [4.69, 9.17) is 24.4 Å². The Hall–Kier alpha value is -6.32. The Morgan fingerprint density at radius 2 is 1.55 bits per heavy atom. The first-order valence-corrected chi connectivity index (χ1v) is 19.8. The van der Waals surface area contributed by atoms with E-state index in [9.17, 15) is 19.2 Å². The highest BCUT2D eigenvalue weighted by Gasteiger charge is 2.36. The maximum atomic E-state index is 13.6. The van der Waals surface area contributed by atoms with Gasteiger partial charge in [-0.05, 0) is 49.3 Å². The van der Waals surface area contributed by atoms with Gasteiger partial charge in [-0.1, -0.05) is 64.4 Å². The van der Waals surface area contributed by atoms with Gasteiger partial charge in [-0.3, -0.25) is 19.6 Å². The van der Waals surface area contributed by atoms with Gasteiger partial charge >= 0.3 is 12.2 Å². The molecule has 4 amide bonds. The van der Waals surface area contributed by atoms with Crippen LogP contribution in [0.1, 0.15) is 77.5 Å². The quantitative estimate of drug-likeness (QED) is 0.0922. The van der Waals surface area contributed by atoms with Gasteiger partial charge in [-0.15, -0.1) is 0 Å². The van der Waals surface area contributed by atoms with Crippen LogP contribution in [0.15, 0.2) is 61.1 Å². The predicted molar refractivity (Wildman–Crippen MR) is 218 cm³/mol. The van der Waals surface area contributed by atoms with E-state index in [0.29, 0.717) is 36.9 Å². The van der Waals surface area contributed by atoms with E-state index in [0.717, 1.165) is 64.8 Å². The van der Waals surface area contributed by atoms with Crippen LogP contribution < -0.4 is 10.6 Å². The number of methoxy groups -OCH3 is 2. The summed E-state index contributed by atoms with van der Waals surface area (Å²) in [6.07, 6.45) is 7.78. The van der Waals surface area contributed by atoms with Crippen molar-refractivity contribution in [3.8, 4) is 33.8 Å². The second-order valence-corrected chi connectivity index (χ2v) is 14.7. The second-order valence-electron chi connectivity index (χ2n) is 14.7. The molecule has 306 valence electrons. The van der Waals surface area contributed by atoms with Crippen LogP contribution in [0.5, 0.6) is 0 Å². The molecule has 16 nitrogen and oxygen atoms in total. The molecule has 0 radical (unpaired) electrons. The zero-order valence-corrected chi connectivity index (χ0v) is 33.9. The summed E-state index contributed by atoms with van der Waals surface area (Å²) in [5, 5.41) is 5.32. The lowest BCUT2D eigenvalue weighted by Gasteiger charge is -2.29. The van der Waals surface area contributed by atoms with Crippen molar-refractivity contribution < 1.29 is 28.7 Å². The molecule has 16 heteroatoms. The van der Waals surface area contributed by atoms with E-state index < -0.39 is 24.3 Å². The summed E-state index contributed by atoms with van der Waals surface area (Å²) in [7, 11) is 2.56. The van der Waals surface area contributed by atoms with Crippen LogP contribution in [0, 0.1) is 5.92 Å². The summed E-state index contributed by atoms with van der Waals surface area (Å²) in [5.74, 6) is 0.875. The monoisotopic (exact) mass is 792 g/mol. The summed E-state index contributed by atoms with van der Waals surface area (Å²) in [4.78, 5) is 79.9. The van der Waals surface area contributed by atoms with E-state index in [-0.39, 0.29) is 30.3 Å². The van der Waals surface area contributed by atoms with Crippen LogP contribution in [-0.2, 0) is 25.6 Å². The van der Waals surface area contributed by atoms with Crippen molar-refractivity contribution in [2.75, 3.05) is 27.3 Å². The third-order valence-corrected chi connectivity index (χ3v) is 10.4. The van der Waals surface area contributed by atoms with Gasteiger partial charge in [-0.2, -0.15) is 0 Å². The fraction of sp³-hybridized carbons (Fsp3) is 0.429. The number of unbranched alkanes of at least 4 members (excludes halogenated alkanes) is 1. The molecule has 5 aromatic rings. The molecule has 58 heavy (non-hydrogen) atoms. The molecule has 1 fully saturated rings. The molecule has 2 aromatic carbocycles. The minimum absolute atomic E-state index is 0.134. The average Bonchev–Trinajstić information content (AvgIpc) is 4.03. The number of amides is 4. The van der Waals surface area contributed by atoms with E-state index in [1.165, 1.54) is 14.2 Å². The maximum Gasteiger partial charge on any atom is 0.407 e. The molecule has 0 spiro atoms. The van der Waals surface area contributed by atoms with Crippen molar-refractivity contribution in [1.82, 2.24) is 50.3 Å². The van der Waals surface area contributed by atoms with Crippen LogP contribution in [0.4, 0.5) is 9.59 Å². The number of nitrogens with one attached hydrogen (secondary N) is 4. The highest BCUT2D eigenvalue weighted by atomic mass is 16.5. The number of carbonyl (C=O) groups excluding carboxylic acids is 4. The lowest BCUT2D eigenvalue weighted by Crippen LogP contribution is -2.51. The molecular formula is C42H52N10O6. The molecule has 0 aliphatic carbocycles. The Balaban J connectivity index is 1.12. The van der Waals surface area contributed by atoms with Crippen LogP contribution >= 0.6 is 0 Å². The van der Waals surface area contributed by atoms with Crippen molar-refractivity contribution >= 4 is 35.0 Å². The first-order valence-electron chi connectivity index (χ1n) is 19.8. The molecular weight excluding hydrogens is 741 g/mol. The van der Waals surface area contributed by atoms with Crippen LogP contribution in [-0.4, -0.2) is 103 Å². The normalized spacial score (nSPS) is 14.9. The number of fused-ring (bicyclic) bond motifs is 1. The number of imidazole rings is 2. The number of likely N-dealkylation sites (tertiary alicyclic amines) is 1. The predicted octanol–water partition coefficient (Wildman–Crippen LogP) is 6.38. The van der Waals surface area contributed by atoms with Gasteiger partial charge in [0.05, 0.1) is 73.5 Å². The Bertz CT molecular complexity index is 2200. The standard InChI is InChI=1S/C42H52N10O6/c1-7-9-18-51(40(54)37(25(3)4)50-42(56)58-6)24-36-46-30-17-16-28(20-31(30)47-36)33-22-43-32(21-44-33)26-12-14-27(15-13-26)34-23-45-38(48-34)35-11-10-19-52(35)39(53)29(8-2)49-41(55)57-5/h12-17,20-23,25,29,35,37H,7-11,18-19,24H2,1-6H3,(H,45,48)(H,46,47)(H,49,55)(H,50,56). The molecule has 4 N–H and O–H groups in total. The van der Waals surface area contributed by atoms with Crippen molar-refractivity contribution in [1.29, 1.82) is 0 Å². The number of alkyl carbamates (subject to hydrolysis) is 2. The summed E-state index contributed by atoms with van der Waals surface area (Å²) in [6, 6.07) is 12.2. The summed E-state index contributed by atoms with van der Waals surface area (Å²) < 4.78 is 9.47. The van der Waals surface area contributed by atoms with Gasteiger partial charge in [-0.25, -0.2) is 19.6 Å². The fourth-order valence-electron chi connectivity index (χ4n) is 7.14. The zero-order chi connectivity index (χ0) is 41.3. The van der Waals surface area contributed by atoms with Crippen molar-refractivity contribution in [3.05, 3.63) is 72.7 Å². The molecule has 1 saturated heterocycles. The number of benzene rings is 2. The first-order chi connectivity index (χ1) is 28.0. The van der Waals surface area contributed by atoms with Gasteiger partial charge in [0.15, 0.2) is 0 Å². The number of nitrogens with zero attached hydrogens (tertiary/aromatic N) is 6. The van der Waals surface area contributed by atoms with Gasteiger partial charge in [0.25, 0.3) is 0 Å². The fourth-order valence-corrected chi connectivity index (χ4v) is 7.14. The Morgan fingerprint density at radius 3 is 2.21 bits per heavy atom. The number of rotatable bonds is 15. The number of carbonyl (C=O) groups is 4. The first kappa shape index (κ1) is 41.3. The SMILES string of the molecule is CCCCN(Cc1nc2ccc(-c3cnc(-c4ccc(-c5cnc(C6CCCN6C(=O)C(CC)NC(=O)OC)[nH]5)cc4)cn3)cc2[nH]1)C(=O)C(NC(=O)OC)C(C)C. The van der Waals surface area contributed by atoms with Crippen LogP contribution in [0.2, 0.25) is 0 Å². The molecule has 1 aliphatic rings. The number of aromatic nitrogens is 6. The molecule has 4 heterocycles. The van der Waals surface area contributed by atoms with Crippen LogP contribution in [0.25, 0.3) is 44.8 Å². The van der Waals surface area contributed by atoms with Gasteiger partial charge in [0, 0.05) is 24.2 Å². The molecule has 1 aliphatic heterocycles. The zero-order valence-electron chi connectivity index (χ0n) is 33.9. The number of H-pyrrole nitrogens is 2. The van der Waals surface area contributed by atoms with Crippen molar-refractivity contribution in [2.24, 2.45) is 5.92 Å². The molecule has 0 saturated carbocycles. The average molecular weight is 793 g/mol. The third-order valence-electron chi connectivity index (χ3n) is 10.4. The Morgan fingerprint density at radius 1 is 0.879 bits per heavy atom. The largest absolute Gasteiger partial charge is 0.453 e. The van der Waals surface area contributed by atoms with E-state index in [1.807, 2.05) is 63.2 Å². The summed E-state index contributed by atoms with van der Waals surface area (Å²) in [6.45, 7) is 9.08. The van der Waals surface area contributed by atoms with E-state index in [2.05, 4.69) is 32.5 Å². The highest BCUT2D eigenvalue weighted by Crippen LogP contribution is 2.33. The molecule has 6 rings (SSSR count). The topological polar surface area (TPSA) is 200 Å². The molecule has 0 bridgehead atoms. The minimum Gasteiger partial charge on any atom is -0.453 e. The van der Waals surface area contributed by atoms with Crippen molar-refractivity contribution in [2.45, 2.75) is 84.5 Å². The molecule has 3 unspecified atom stereocenters. The van der Waals surface area contributed by atoms with Crippen molar-refractivity contribution in [3.63, 3.8) is 0 Å². The smallest absolute Gasteiger partial charge is 0.407 e. The Labute approximate surface area is 337 Å². The minimum atomic E-state index is -0.725. The highest BCUT2D eigenvalue weighted by molar-refractivity contribution is 5.87. The summed E-state index contributed by atoms with van der Waals surface area (Å²) in [5.41, 5.74) is 6.50. The number of hydrogen-bond donors (Lipinski definition) is 4. The second kappa shape index (κ2) is 18.7. The molecule has 3 atom stereocenters. The third kappa shape index (κ3) is 9.44. The lowest BCUT2D eigenvalue weighted by molar-refractivity contribution is -0.135. The van der Waals surface area contributed by atoms with Crippen LogP contribution in [0.3, 0.4) is 0 Å². The number of ether oxygens (including phenoxy) is 2. The van der Waals surface area contributed by atoms with Gasteiger partial charge in [0.1, 0.15) is 23.7 Å². The summed E-state index contributed by atoms with van der Waals surface area (Å²) >= 11 is 0. The maximum absolute atomic E-state index is 13.6. The van der Waals surface area contributed by atoms with E-state index >= 15 is 0 Å². The molecule has 3 aromatic heterocycles. The number of hydrogen-bond acceptors (Lipinski definition) is 10. The van der Waals surface area contributed by atoms with Gasteiger partial charge in [0.2, 0.25) is 11.8 Å². The Kier molecular flexibility index (Phi) is 13.4.